The molecule has 2 aliphatic rings. The summed E-state index contributed by atoms with van der Waals surface area (Å²) in [7, 11) is -3.32. The van der Waals surface area contributed by atoms with Gasteiger partial charge in [-0.1, -0.05) is 0 Å². The fourth-order valence-corrected chi connectivity index (χ4v) is 5.91. The van der Waals surface area contributed by atoms with Crippen molar-refractivity contribution in [3.63, 3.8) is 0 Å². The molecule has 2 fully saturated rings. The van der Waals surface area contributed by atoms with Crippen molar-refractivity contribution in [2.45, 2.75) is 30.0 Å². The van der Waals surface area contributed by atoms with Gasteiger partial charge in [0, 0.05) is 37.2 Å². The van der Waals surface area contributed by atoms with E-state index in [-0.39, 0.29) is 0 Å². The lowest BCUT2D eigenvalue weighted by Crippen LogP contribution is -2.39. The van der Waals surface area contributed by atoms with Crippen LogP contribution in [-0.4, -0.2) is 63.1 Å². The van der Waals surface area contributed by atoms with Crippen LogP contribution in [0, 0.1) is 6.92 Å². The van der Waals surface area contributed by atoms with Gasteiger partial charge < -0.3 is 4.74 Å². The average Bonchev–Trinajstić information content (AvgIpc) is 3.06. The molecular formula is C14H22N2O3S2. The van der Waals surface area contributed by atoms with Crippen LogP contribution in [-0.2, 0) is 14.8 Å². The zero-order valence-electron chi connectivity index (χ0n) is 12.3. The van der Waals surface area contributed by atoms with Gasteiger partial charge in [-0.3, -0.25) is 4.90 Å². The van der Waals surface area contributed by atoms with Crippen LogP contribution in [0.5, 0.6) is 0 Å². The Morgan fingerprint density at radius 1 is 1.24 bits per heavy atom. The minimum atomic E-state index is -3.32. The molecule has 3 heterocycles. The van der Waals surface area contributed by atoms with Crippen LogP contribution in [0.3, 0.4) is 0 Å². The summed E-state index contributed by atoms with van der Waals surface area (Å²) >= 11 is 1.36. The van der Waals surface area contributed by atoms with Gasteiger partial charge in [0.05, 0.1) is 6.61 Å². The Labute approximate surface area is 130 Å². The van der Waals surface area contributed by atoms with E-state index in [1.165, 1.54) is 11.3 Å². The highest BCUT2D eigenvalue weighted by Crippen LogP contribution is 2.25. The maximum absolute atomic E-state index is 12.7. The van der Waals surface area contributed by atoms with E-state index in [4.69, 9.17) is 4.74 Å². The molecule has 21 heavy (non-hydrogen) atoms. The average molecular weight is 330 g/mol. The largest absolute Gasteiger partial charge is 0.380 e. The van der Waals surface area contributed by atoms with Crippen LogP contribution >= 0.6 is 11.3 Å². The SMILES string of the molecule is Cc1ccc(S(=O)(=O)N2CCCN(C3CCOC3)CC2)s1. The molecule has 1 unspecified atom stereocenters. The third kappa shape index (κ3) is 3.32. The molecule has 0 amide bonds. The molecule has 0 aromatic carbocycles. The Morgan fingerprint density at radius 2 is 2.10 bits per heavy atom. The number of ether oxygens (including phenoxy) is 1. The van der Waals surface area contributed by atoms with Gasteiger partial charge in [0.1, 0.15) is 4.21 Å². The third-order valence-corrected chi connectivity index (χ3v) is 7.59. The van der Waals surface area contributed by atoms with Crippen LogP contribution in [0.2, 0.25) is 0 Å². The highest BCUT2D eigenvalue weighted by atomic mass is 32.2. The molecule has 0 saturated carbocycles. The van der Waals surface area contributed by atoms with Crippen molar-refractivity contribution in [1.82, 2.24) is 9.21 Å². The lowest BCUT2D eigenvalue weighted by atomic mass is 10.2. The molecule has 2 aliphatic heterocycles. The number of hydrogen-bond donors (Lipinski definition) is 0. The first-order valence-electron chi connectivity index (χ1n) is 7.46. The molecule has 1 aromatic rings. The Kier molecular flexibility index (Phi) is 4.66. The third-order valence-electron chi connectivity index (χ3n) is 4.22. The minimum Gasteiger partial charge on any atom is -0.380 e. The van der Waals surface area contributed by atoms with E-state index in [1.54, 1.807) is 10.4 Å². The Bertz CT molecular complexity index is 579. The monoisotopic (exact) mass is 330 g/mol. The number of thiophene rings is 1. The minimum absolute atomic E-state index is 0.469. The first kappa shape index (κ1) is 15.4. The maximum atomic E-state index is 12.7. The van der Waals surface area contributed by atoms with E-state index in [2.05, 4.69) is 4.90 Å². The molecular weight excluding hydrogens is 308 g/mol. The van der Waals surface area contributed by atoms with Crippen molar-refractivity contribution < 1.29 is 13.2 Å². The molecule has 2 saturated heterocycles. The predicted molar refractivity (Wildman–Crippen MR) is 83.2 cm³/mol. The topological polar surface area (TPSA) is 49.9 Å². The van der Waals surface area contributed by atoms with E-state index in [0.717, 1.165) is 44.0 Å². The quantitative estimate of drug-likeness (QED) is 0.844. The van der Waals surface area contributed by atoms with Crippen LogP contribution in [0.15, 0.2) is 16.3 Å². The summed E-state index contributed by atoms with van der Waals surface area (Å²) in [5.74, 6) is 0. The summed E-state index contributed by atoms with van der Waals surface area (Å²) in [6.45, 7) is 6.52. The highest BCUT2D eigenvalue weighted by Gasteiger charge is 2.30. The second-order valence-corrected chi connectivity index (χ2v) is 9.13. The second-order valence-electron chi connectivity index (χ2n) is 5.68. The Hall–Kier alpha value is -0.470. The zero-order valence-corrected chi connectivity index (χ0v) is 14.0. The number of nitrogens with zero attached hydrogens (tertiary/aromatic N) is 2. The molecule has 0 bridgehead atoms. The standard InChI is InChI=1S/C14H22N2O3S2/c1-12-3-4-14(20-12)21(17,18)16-7-2-6-15(8-9-16)13-5-10-19-11-13/h3-4,13H,2,5-11H2,1H3. The molecule has 3 rings (SSSR count). The summed E-state index contributed by atoms with van der Waals surface area (Å²) in [4.78, 5) is 3.43. The van der Waals surface area contributed by atoms with Gasteiger partial charge >= 0.3 is 0 Å². The first-order chi connectivity index (χ1) is 10.1. The molecule has 118 valence electrons. The van der Waals surface area contributed by atoms with Gasteiger partial charge in [-0.15, -0.1) is 11.3 Å². The summed E-state index contributed by atoms with van der Waals surface area (Å²) in [5, 5.41) is 0. The molecule has 0 radical (unpaired) electrons. The second kappa shape index (κ2) is 6.34. The molecule has 1 aromatic heterocycles. The summed E-state index contributed by atoms with van der Waals surface area (Å²) in [6.07, 6.45) is 1.96. The number of rotatable bonds is 3. The van der Waals surface area contributed by atoms with Crippen molar-refractivity contribution >= 4 is 21.4 Å². The molecule has 7 heteroatoms. The fourth-order valence-electron chi connectivity index (χ4n) is 3.01. The molecule has 5 nitrogen and oxygen atoms in total. The van der Waals surface area contributed by atoms with Crippen LogP contribution in [0.4, 0.5) is 0 Å². The van der Waals surface area contributed by atoms with E-state index in [9.17, 15) is 8.42 Å². The Morgan fingerprint density at radius 3 is 2.76 bits per heavy atom. The van der Waals surface area contributed by atoms with Crippen molar-refractivity contribution in [1.29, 1.82) is 0 Å². The van der Waals surface area contributed by atoms with Crippen LogP contribution in [0.1, 0.15) is 17.7 Å². The van der Waals surface area contributed by atoms with Gasteiger partial charge in [-0.25, -0.2) is 8.42 Å². The molecule has 0 N–H and O–H groups in total. The summed E-state index contributed by atoms with van der Waals surface area (Å²) in [5.41, 5.74) is 0. The lowest BCUT2D eigenvalue weighted by molar-refractivity contribution is 0.147. The number of aryl methyl sites for hydroxylation is 1. The van der Waals surface area contributed by atoms with Crippen molar-refractivity contribution in [2.24, 2.45) is 0 Å². The molecule has 0 spiro atoms. The van der Waals surface area contributed by atoms with Crippen LogP contribution in [0.25, 0.3) is 0 Å². The fraction of sp³-hybridized carbons (Fsp3) is 0.714. The van der Waals surface area contributed by atoms with Gasteiger partial charge in [0.25, 0.3) is 10.0 Å². The lowest BCUT2D eigenvalue weighted by Gasteiger charge is -2.26. The summed E-state index contributed by atoms with van der Waals surface area (Å²) in [6, 6.07) is 4.07. The van der Waals surface area contributed by atoms with E-state index >= 15 is 0 Å². The van der Waals surface area contributed by atoms with Gasteiger partial charge in [0.15, 0.2) is 0 Å². The number of hydrogen-bond acceptors (Lipinski definition) is 5. The number of sulfonamides is 1. The molecule has 1 atom stereocenters. The van der Waals surface area contributed by atoms with Gasteiger partial charge in [-0.05, 0) is 38.4 Å². The smallest absolute Gasteiger partial charge is 0.252 e. The molecule has 0 aliphatic carbocycles. The van der Waals surface area contributed by atoms with Gasteiger partial charge in [0.2, 0.25) is 0 Å². The highest BCUT2D eigenvalue weighted by molar-refractivity contribution is 7.91. The maximum Gasteiger partial charge on any atom is 0.252 e. The van der Waals surface area contributed by atoms with Crippen molar-refractivity contribution in [3.05, 3.63) is 17.0 Å². The van der Waals surface area contributed by atoms with E-state index in [0.29, 0.717) is 23.3 Å². The summed E-state index contributed by atoms with van der Waals surface area (Å²) < 4.78 is 32.9. The van der Waals surface area contributed by atoms with E-state index in [1.807, 2.05) is 13.0 Å². The predicted octanol–water partition coefficient (Wildman–Crippen LogP) is 1.54. The zero-order chi connectivity index (χ0) is 14.9. The first-order valence-corrected chi connectivity index (χ1v) is 9.71. The normalized spacial score (nSPS) is 26.0. The van der Waals surface area contributed by atoms with Crippen LogP contribution < -0.4 is 0 Å². The Balaban J connectivity index is 1.69. The van der Waals surface area contributed by atoms with Gasteiger partial charge in [-0.2, -0.15) is 4.31 Å². The van der Waals surface area contributed by atoms with Crippen molar-refractivity contribution in [3.8, 4) is 0 Å². The van der Waals surface area contributed by atoms with E-state index < -0.39 is 10.0 Å². The van der Waals surface area contributed by atoms with Crippen molar-refractivity contribution in [2.75, 3.05) is 39.4 Å².